The van der Waals surface area contributed by atoms with Crippen LogP contribution in [-0.4, -0.2) is 22.1 Å². The van der Waals surface area contributed by atoms with E-state index < -0.39 is 49.2 Å². The molecule has 0 aliphatic carbocycles. The van der Waals surface area contributed by atoms with Crippen molar-refractivity contribution in [2.75, 3.05) is 0 Å². The summed E-state index contributed by atoms with van der Waals surface area (Å²) in [6.45, 7) is 1.13. The Morgan fingerprint density at radius 2 is 1.48 bits per heavy atom. The zero-order chi connectivity index (χ0) is 16.6. The van der Waals surface area contributed by atoms with E-state index in [1.54, 1.807) is 0 Å². The average molecular weight is 336 g/mol. The van der Waals surface area contributed by atoms with Crippen molar-refractivity contribution < 1.29 is 40.7 Å². The van der Waals surface area contributed by atoms with Gasteiger partial charge in [0, 0.05) is 0 Å². The molecule has 1 rings (SSSR count). The van der Waals surface area contributed by atoms with Crippen molar-refractivity contribution >= 4 is 12.9 Å². The molecule has 2 N–H and O–H groups in total. The van der Waals surface area contributed by atoms with E-state index in [4.69, 9.17) is 9.79 Å². The van der Waals surface area contributed by atoms with Crippen LogP contribution in [0.15, 0.2) is 12.1 Å². The number of hydrogen-bond acceptors (Lipinski definition) is 1. The van der Waals surface area contributed by atoms with Crippen LogP contribution in [0.2, 0.25) is 0 Å². The molecule has 21 heavy (non-hydrogen) atoms. The molecule has 0 aliphatic heterocycles. The summed E-state index contributed by atoms with van der Waals surface area (Å²) in [6, 6.07) is 1.78. The third kappa shape index (κ3) is 5.33. The summed E-state index contributed by atoms with van der Waals surface area (Å²) in [6.07, 6.45) is -13.2. The van der Waals surface area contributed by atoms with Crippen LogP contribution in [0.25, 0.3) is 0 Å². The lowest BCUT2D eigenvalue weighted by atomic mass is 9.98. The summed E-state index contributed by atoms with van der Waals surface area (Å²) in [7, 11) is -5.14. The van der Waals surface area contributed by atoms with Crippen molar-refractivity contribution in [3.8, 4) is 0 Å². The monoisotopic (exact) mass is 336 g/mol. The molecule has 0 aliphatic rings. The third-order valence-electron chi connectivity index (χ3n) is 2.64. The van der Waals surface area contributed by atoms with Gasteiger partial charge in [0.25, 0.3) is 0 Å². The van der Waals surface area contributed by atoms with Crippen LogP contribution in [0, 0.1) is 6.92 Å². The predicted octanol–water partition coefficient (Wildman–Crippen LogP) is 3.01. The van der Waals surface area contributed by atoms with Crippen LogP contribution >= 0.6 is 7.60 Å². The summed E-state index contributed by atoms with van der Waals surface area (Å²) in [5, 5.41) is -0.985. The Kier molecular flexibility index (Phi) is 4.82. The molecule has 0 bridgehead atoms. The van der Waals surface area contributed by atoms with E-state index in [0.717, 1.165) is 19.1 Å². The second-order valence-corrected chi connectivity index (χ2v) is 6.03. The minimum Gasteiger partial charge on any atom is -0.321 e. The van der Waals surface area contributed by atoms with Gasteiger partial charge in [0.05, 0.1) is 18.1 Å². The molecule has 120 valence electrons. The van der Waals surface area contributed by atoms with Crippen LogP contribution < -0.4 is 5.30 Å². The van der Waals surface area contributed by atoms with E-state index >= 15 is 0 Å². The highest BCUT2D eigenvalue weighted by molar-refractivity contribution is 7.60. The van der Waals surface area contributed by atoms with Gasteiger partial charge in [-0.2, -0.15) is 26.3 Å². The average Bonchev–Trinajstić information content (AvgIpc) is 2.16. The van der Waals surface area contributed by atoms with Gasteiger partial charge in [0.15, 0.2) is 0 Å². The predicted molar refractivity (Wildman–Crippen MR) is 62.4 cm³/mol. The molecule has 1 aromatic rings. The Morgan fingerprint density at radius 1 is 1.00 bits per heavy atom. The minimum absolute atomic E-state index is 0.187. The molecule has 0 saturated heterocycles. The molecule has 0 amide bonds. The maximum Gasteiger partial charge on any atom is 0.393 e. The highest BCUT2D eigenvalue weighted by atomic mass is 31.2. The first-order valence-electron chi connectivity index (χ1n) is 5.51. The maximum atomic E-state index is 12.5. The van der Waals surface area contributed by atoms with Gasteiger partial charge in [-0.15, -0.1) is 0 Å². The Labute approximate surface area is 115 Å². The standard InChI is InChI=1S/C11H11F6O3P/c1-6-2-3-7(4-10(12,13)14)8(5-11(15,16)17)9(6)21(18,19)20/h2-3H,4-5H2,1H3,(H2,18,19,20). The SMILES string of the molecule is Cc1ccc(CC(F)(F)F)c(CC(F)(F)F)c1P(=O)(O)O. The van der Waals surface area contributed by atoms with E-state index in [9.17, 15) is 30.9 Å². The second kappa shape index (κ2) is 5.62. The van der Waals surface area contributed by atoms with Gasteiger partial charge in [0.1, 0.15) is 0 Å². The summed E-state index contributed by atoms with van der Waals surface area (Å²) in [5.74, 6) is 0. The molecule has 0 aromatic heterocycles. The van der Waals surface area contributed by atoms with Crippen LogP contribution in [-0.2, 0) is 17.4 Å². The molecule has 0 fully saturated rings. The van der Waals surface area contributed by atoms with Crippen molar-refractivity contribution in [1.29, 1.82) is 0 Å². The van der Waals surface area contributed by atoms with E-state index in [1.807, 2.05) is 0 Å². The summed E-state index contributed by atoms with van der Waals surface area (Å²) in [4.78, 5) is 18.3. The normalized spacial score (nSPS) is 13.6. The lowest BCUT2D eigenvalue weighted by Crippen LogP contribution is -2.25. The Bertz CT molecular complexity index is 573. The largest absolute Gasteiger partial charge is 0.393 e. The molecular weight excluding hydrogens is 325 g/mol. The first-order chi connectivity index (χ1) is 9.21. The smallest absolute Gasteiger partial charge is 0.321 e. The van der Waals surface area contributed by atoms with Gasteiger partial charge in [-0.3, -0.25) is 4.57 Å². The number of rotatable bonds is 3. The summed E-state index contributed by atoms with van der Waals surface area (Å²) < 4.78 is 86.1. The Hall–Kier alpha value is -1.05. The topological polar surface area (TPSA) is 57.5 Å². The zero-order valence-electron chi connectivity index (χ0n) is 10.6. The molecule has 3 nitrogen and oxygen atoms in total. The van der Waals surface area contributed by atoms with Crippen molar-refractivity contribution in [2.45, 2.75) is 32.1 Å². The van der Waals surface area contributed by atoms with Crippen LogP contribution in [0.1, 0.15) is 16.7 Å². The Morgan fingerprint density at radius 3 is 1.86 bits per heavy atom. The molecule has 0 spiro atoms. The van der Waals surface area contributed by atoms with Gasteiger partial charge in [-0.25, -0.2) is 0 Å². The van der Waals surface area contributed by atoms with Gasteiger partial charge >= 0.3 is 19.9 Å². The second-order valence-electron chi connectivity index (χ2n) is 4.50. The highest BCUT2D eigenvalue weighted by Crippen LogP contribution is 2.39. The fraction of sp³-hybridized carbons (Fsp3) is 0.455. The van der Waals surface area contributed by atoms with E-state index in [-0.39, 0.29) is 5.56 Å². The number of aryl methyl sites for hydroxylation is 1. The minimum atomic E-state index is -5.14. The highest BCUT2D eigenvalue weighted by Gasteiger charge is 2.37. The van der Waals surface area contributed by atoms with Crippen LogP contribution in [0.3, 0.4) is 0 Å². The lowest BCUT2D eigenvalue weighted by molar-refractivity contribution is -0.132. The van der Waals surface area contributed by atoms with Gasteiger partial charge in [-0.1, -0.05) is 12.1 Å². The van der Waals surface area contributed by atoms with Gasteiger partial charge in [-0.05, 0) is 23.6 Å². The number of hydrogen-bond donors (Lipinski definition) is 2. The molecular formula is C11H11F6O3P. The van der Waals surface area contributed by atoms with Crippen molar-refractivity contribution in [2.24, 2.45) is 0 Å². The maximum absolute atomic E-state index is 12.5. The van der Waals surface area contributed by atoms with Crippen molar-refractivity contribution in [3.05, 3.63) is 28.8 Å². The summed E-state index contributed by atoms with van der Waals surface area (Å²) in [5.41, 5.74) is -1.98. The van der Waals surface area contributed by atoms with Crippen LogP contribution in [0.5, 0.6) is 0 Å². The van der Waals surface area contributed by atoms with Crippen molar-refractivity contribution in [1.82, 2.24) is 0 Å². The quantitative estimate of drug-likeness (QED) is 0.659. The number of halogens is 6. The van der Waals surface area contributed by atoms with Gasteiger partial charge in [0.2, 0.25) is 0 Å². The molecule has 0 saturated carbocycles. The first-order valence-corrected chi connectivity index (χ1v) is 7.13. The van der Waals surface area contributed by atoms with E-state index in [1.165, 1.54) is 0 Å². The lowest BCUT2D eigenvalue weighted by Gasteiger charge is -2.20. The molecule has 0 atom stereocenters. The molecule has 0 heterocycles. The fourth-order valence-electron chi connectivity index (χ4n) is 1.98. The number of benzene rings is 1. The summed E-state index contributed by atoms with van der Waals surface area (Å²) >= 11 is 0. The van der Waals surface area contributed by atoms with Crippen LogP contribution in [0.4, 0.5) is 26.3 Å². The fourth-order valence-corrected chi connectivity index (χ4v) is 3.09. The molecule has 1 aromatic carbocycles. The molecule has 0 unspecified atom stereocenters. The van der Waals surface area contributed by atoms with Crippen molar-refractivity contribution in [3.63, 3.8) is 0 Å². The van der Waals surface area contributed by atoms with E-state index in [0.29, 0.717) is 0 Å². The zero-order valence-corrected chi connectivity index (χ0v) is 11.5. The molecule has 0 radical (unpaired) electrons. The molecule has 10 heteroatoms. The Balaban J connectivity index is 3.56. The number of alkyl halides is 6. The third-order valence-corrected chi connectivity index (χ3v) is 3.85. The first kappa shape index (κ1) is 18.0. The van der Waals surface area contributed by atoms with E-state index in [2.05, 4.69) is 0 Å². The van der Waals surface area contributed by atoms with Gasteiger partial charge < -0.3 is 9.79 Å².